The number of nitrogens with zero attached hydrogens (tertiary/aromatic N) is 5. The number of hydrogen-bond donors (Lipinski definition) is 2. The first-order chi connectivity index (χ1) is 22.4. The summed E-state index contributed by atoms with van der Waals surface area (Å²) in [7, 11) is -7.75. The van der Waals surface area contributed by atoms with Gasteiger partial charge in [0.2, 0.25) is 16.0 Å². The van der Waals surface area contributed by atoms with E-state index in [2.05, 4.69) is 20.3 Å². The number of imidazole rings is 1. The molecule has 6 rings (SSSR count). The average molecular weight is 680 g/mol. The Morgan fingerprint density at radius 2 is 1.81 bits per heavy atom. The Morgan fingerprint density at radius 3 is 2.49 bits per heavy atom. The van der Waals surface area contributed by atoms with E-state index in [9.17, 15) is 26.4 Å². The summed E-state index contributed by atoms with van der Waals surface area (Å²) >= 11 is 0. The average Bonchev–Trinajstić information content (AvgIpc) is 3.70. The summed E-state index contributed by atoms with van der Waals surface area (Å²) in [5.74, 6) is -1.02. The molecule has 4 heterocycles. The highest BCUT2D eigenvalue weighted by Crippen LogP contribution is 2.33. The van der Waals surface area contributed by atoms with E-state index in [-0.39, 0.29) is 33.2 Å². The van der Waals surface area contributed by atoms with Crippen molar-refractivity contribution in [1.82, 2.24) is 23.5 Å². The van der Waals surface area contributed by atoms with Gasteiger partial charge in [-0.25, -0.2) is 32.3 Å². The number of aromatic nitrogens is 5. The molecule has 0 aliphatic carbocycles. The minimum atomic E-state index is -4.82. The normalized spacial score (nSPS) is 15.4. The molecule has 1 saturated heterocycles. The first kappa shape index (κ1) is 32.0. The summed E-state index contributed by atoms with van der Waals surface area (Å²) in [4.78, 5) is 39.7. The van der Waals surface area contributed by atoms with Gasteiger partial charge in [0.05, 0.1) is 18.3 Å². The Hall–Kier alpha value is -4.97. The van der Waals surface area contributed by atoms with Gasteiger partial charge < -0.3 is 14.8 Å². The molecule has 2 aromatic carbocycles. The van der Waals surface area contributed by atoms with E-state index >= 15 is 0 Å². The highest BCUT2D eigenvalue weighted by molar-refractivity contribution is 8.05. The maximum absolute atomic E-state index is 13.7. The van der Waals surface area contributed by atoms with E-state index in [1.54, 1.807) is 29.7 Å². The summed E-state index contributed by atoms with van der Waals surface area (Å²) in [6, 6.07) is 12.9. The van der Waals surface area contributed by atoms with E-state index in [4.69, 9.17) is 14.6 Å². The summed E-state index contributed by atoms with van der Waals surface area (Å²) in [5, 5.41) is 7.05. The van der Waals surface area contributed by atoms with Crippen molar-refractivity contribution in [3.05, 3.63) is 83.9 Å². The summed E-state index contributed by atoms with van der Waals surface area (Å²) in [5.41, 5.74) is 1.36. The van der Waals surface area contributed by atoms with Crippen LogP contribution in [0, 0.1) is 6.92 Å². The molecule has 0 radical (unpaired) electrons. The summed E-state index contributed by atoms with van der Waals surface area (Å²) in [6.07, 6.45) is 4.73. The second-order valence-electron chi connectivity index (χ2n) is 10.8. The highest BCUT2D eigenvalue weighted by Gasteiger charge is 2.32. The molecule has 17 heteroatoms. The predicted octanol–water partition coefficient (Wildman–Crippen LogP) is 3.50. The Morgan fingerprint density at radius 1 is 1.04 bits per heavy atom. The Kier molecular flexibility index (Phi) is 8.39. The molecular weight excluding hydrogens is 651 g/mol. The molecule has 1 atom stereocenters. The van der Waals surface area contributed by atoms with Crippen molar-refractivity contribution in [3.63, 3.8) is 0 Å². The van der Waals surface area contributed by atoms with Crippen molar-refractivity contribution >= 4 is 53.9 Å². The zero-order valence-corrected chi connectivity index (χ0v) is 26.8. The number of carbonyl (C=O) groups is 2. The molecule has 3 N–H and O–H groups in total. The largest absolute Gasteiger partial charge is 0.464 e. The molecule has 3 aromatic heterocycles. The molecule has 0 saturated carbocycles. The molecule has 47 heavy (non-hydrogen) atoms. The Labute approximate surface area is 269 Å². The van der Waals surface area contributed by atoms with Crippen LogP contribution in [-0.2, 0) is 29.5 Å². The van der Waals surface area contributed by atoms with E-state index in [0.29, 0.717) is 28.3 Å². The number of aryl methyl sites for hydroxylation is 1. The first-order valence-corrected chi connectivity index (χ1v) is 17.3. The molecule has 1 aliphatic heterocycles. The quantitative estimate of drug-likeness (QED) is 0.226. The fourth-order valence-corrected chi connectivity index (χ4v) is 6.97. The van der Waals surface area contributed by atoms with Crippen LogP contribution in [0.2, 0.25) is 0 Å². The van der Waals surface area contributed by atoms with Gasteiger partial charge in [-0.2, -0.15) is 13.4 Å². The second-order valence-corrected chi connectivity index (χ2v) is 14.1. The van der Waals surface area contributed by atoms with Gasteiger partial charge in [0.1, 0.15) is 23.1 Å². The van der Waals surface area contributed by atoms with E-state index < -0.39 is 43.1 Å². The third-order valence-electron chi connectivity index (χ3n) is 7.54. The smallest absolute Gasteiger partial charge is 0.355 e. The van der Waals surface area contributed by atoms with Crippen LogP contribution in [0.3, 0.4) is 0 Å². The van der Waals surface area contributed by atoms with Crippen LogP contribution in [0.25, 0.3) is 22.4 Å². The van der Waals surface area contributed by atoms with Crippen molar-refractivity contribution in [3.8, 4) is 11.3 Å². The van der Waals surface area contributed by atoms with Crippen LogP contribution in [0.5, 0.6) is 0 Å². The third kappa shape index (κ3) is 6.25. The number of carbonyl (C=O) groups excluding carboxylic acids is 2. The number of primary sulfonamides is 1. The SMILES string of the molecule is COC(=O)c1cc(-c2nc(Nc3cccc(S(N)(=O)=O)c3)nc3c2ncn3C2CCCCO2)cn1S(=O)(=O)C(=O)c1ccc(C)cc1. The van der Waals surface area contributed by atoms with Crippen molar-refractivity contribution < 1.29 is 35.9 Å². The number of sulfonamides is 1. The number of rotatable bonds is 8. The van der Waals surface area contributed by atoms with Crippen LogP contribution in [-0.4, -0.2) is 65.1 Å². The number of ether oxygens (including phenoxy) is 2. The number of anilines is 2. The molecule has 15 nitrogen and oxygen atoms in total. The molecular formula is C30H29N7O8S2. The predicted molar refractivity (Wildman–Crippen MR) is 170 cm³/mol. The van der Waals surface area contributed by atoms with Gasteiger partial charge in [0.15, 0.2) is 5.65 Å². The zero-order valence-electron chi connectivity index (χ0n) is 25.2. The molecule has 0 bridgehead atoms. The number of benzene rings is 2. The lowest BCUT2D eigenvalue weighted by Crippen LogP contribution is -2.25. The molecule has 0 spiro atoms. The number of methoxy groups -OCH3 is 1. The van der Waals surface area contributed by atoms with E-state index in [1.807, 2.05) is 0 Å². The lowest BCUT2D eigenvalue weighted by molar-refractivity contribution is -0.0298. The number of nitrogens with one attached hydrogen (secondary N) is 1. The minimum Gasteiger partial charge on any atom is -0.464 e. The van der Waals surface area contributed by atoms with Crippen molar-refractivity contribution in [2.75, 3.05) is 19.0 Å². The topological polar surface area (TPSA) is 207 Å². The van der Waals surface area contributed by atoms with E-state index in [1.165, 1.54) is 42.7 Å². The maximum atomic E-state index is 13.7. The monoisotopic (exact) mass is 679 g/mol. The van der Waals surface area contributed by atoms with Gasteiger partial charge in [0, 0.05) is 29.6 Å². The number of esters is 1. The highest BCUT2D eigenvalue weighted by atomic mass is 32.2. The van der Waals surface area contributed by atoms with Gasteiger partial charge in [-0.15, -0.1) is 0 Å². The maximum Gasteiger partial charge on any atom is 0.355 e. The molecule has 1 aliphatic rings. The fourth-order valence-electron chi connectivity index (χ4n) is 5.16. The number of fused-ring (bicyclic) bond motifs is 1. The summed E-state index contributed by atoms with van der Waals surface area (Å²) in [6.45, 7) is 2.33. The van der Waals surface area contributed by atoms with E-state index in [0.717, 1.165) is 31.7 Å². The van der Waals surface area contributed by atoms with Crippen LogP contribution in [0.15, 0.2) is 72.0 Å². The van der Waals surface area contributed by atoms with Gasteiger partial charge in [0.25, 0.3) is 5.12 Å². The molecule has 1 fully saturated rings. The summed E-state index contributed by atoms with van der Waals surface area (Å²) < 4.78 is 64.4. The zero-order chi connectivity index (χ0) is 33.5. The molecule has 5 aromatic rings. The Bertz CT molecular complexity index is 2240. The molecule has 244 valence electrons. The van der Waals surface area contributed by atoms with Crippen LogP contribution in [0.1, 0.15) is 51.9 Å². The second kappa shape index (κ2) is 12.3. The standard InChI is InChI=1S/C30H29N7O8S2/c1-18-9-11-19(12-10-18)29(39)47(42,43)37-16-20(14-23(37)28(38)44-2)25-26-27(36(17-32-26)24-8-3-4-13-45-24)35-30(34-25)33-21-6-5-7-22(15-21)46(31,40)41/h5-7,9-12,14-17,24H,3-4,8,13H2,1-2H3,(H2,31,40,41)(H,33,34,35). The van der Waals surface area contributed by atoms with Crippen molar-refractivity contribution in [2.45, 2.75) is 37.3 Å². The molecule has 1 unspecified atom stereocenters. The van der Waals surface area contributed by atoms with Gasteiger partial charge in [-0.1, -0.05) is 23.8 Å². The van der Waals surface area contributed by atoms with Crippen LogP contribution >= 0.6 is 0 Å². The van der Waals surface area contributed by atoms with Crippen LogP contribution < -0.4 is 10.5 Å². The number of hydrogen-bond acceptors (Lipinski definition) is 12. The lowest BCUT2D eigenvalue weighted by atomic mass is 10.2. The first-order valence-electron chi connectivity index (χ1n) is 14.3. The van der Waals surface area contributed by atoms with Gasteiger partial charge >= 0.3 is 16.0 Å². The van der Waals surface area contributed by atoms with Crippen molar-refractivity contribution in [2.24, 2.45) is 5.14 Å². The van der Waals surface area contributed by atoms with Crippen LogP contribution in [0.4, 0.5) is 11.6 Å². The third-order valence-corrected chi connectivity index (χ3v) is 9.98. The van der Waals surface area contributed by atoms with Crippen molar-refractivity contribution in [1.29, 1.82) is 0 Å². The van der Waals surface area contributed by atoms with Gasteiger partial charge in [-0.3, -0.25) is 9.36 Å². The Balaban J connectivity index is 1.52. The van der Waals surface area contributed by atoms with Gasteiger partial charge in [-0.05, 0) is 62.6 Å². The molecule has 0 amide bonds. The number of nitrogens with two attached hydrogens (primary N) is 1. The fraction of sp³-hybridized carbons (Fsp3) is 0.233. The lowest BCUT2D eigenvalue weighted by Gasteiger charge is -2.23. The minimum absolute atomic E-state index is 0.0115.